The molecule has 0 fully saturated rings. The van der Waals surface area contributed by atoms with Gasteiger partial charge in [-0.3, -0.25) is 0 Å². The second-order valence-corrected chi connectivity index (χ2v) is 6.22. The van der Waals surface area contributed by atoms with E-state index in [2.05, 4.69) is 44.7 Å². The molecule has 2 aromatic rings. The van der Waals surface area contributed by atoms with E-state index in [-0.39, 0.29) is 6.61 Å². The lowest BCUT2D eigenvalue weighted by molar-refractivity contribution is 0.309. The standard InChI is InChI=1S/C18H20O2S/c1-13(2)18-7-6-16(9-14(18)3)20-11-17-10-15(12-21-17)5-4-8-19/h6-7,9-10,12-13,19H,8,11H2,1-3H3. The van der Waals surface area contributed by atoms with Crippen molar-refractivity contribution >= 4 is 11.3 Å². The van der Waals surface area contributed by atoms with E-state index in [0.717, 1.165) is 16.2 Å². The van der Waals surface area contributed by atoms with Crippen molar-refractivity contribution in [3.63, 3.8) is 0 Å². The van der Waals surface area contributed by atoms with E-state index in [9.17, 15) is 0 Å². The van der Waals surface area contributed by atoms with Crippen molar-refractivity contribution < 1.29 is 9.84 Å². The van der Waals surface area contributed by atoms with Gasteiger partial charge < -0.3 is 9.84 Å². The molecule has 0 amide bonds. The van der Waals surface area contributed by atoms with Gasteiger partial charge in [0.15, 0.2) is 0 Å². The van der Waals surface area contributed by atoms with Crippen molar-refractivity contribution in [2.24, 2.45) is 0 Å². The quantitative estimate of drug-likeness (QED) is 0.861. The smallest absolute Gasteiger partial charge is 0.122 e. The molecule has 0 saturated heterocycles. The number of hydrogen-bond donors (Lipinski definition) is 1. The largest absolute Gasteiger partial charge is 0.488 e. The number of ether oxygens (including phenoxy) is 1. The Labute approximate surface area is 130 Å². The number of hydrogen-bond acceptors (Lipinski definition) is 3. The normalized spacial score (nSPS) is 10.3. The van der Waals surface area contributed by atoms with E-state index in [0.29, 0.717) is 12.5 Å². The molecule has 21 heavy (non-hydrogen) atoms. The van der Waals surface area contributed by atoms with Crippen LogP contribution in [0.1, 0.15) is 41.3 Å². The second-order valence-electron chi connectivity index (χ2n) is 5.22. The molecule has 2 nitrogen and oxygen atoms in total. The first-order chi connectivity index (χ1) is 10.1. The third-order valence-corrected chi connectivity index (χ3v) is 4.12. The molecule has 1 N–H and O–H groups in total. The van der Waals surface area contributed by atoms with Gasteiger partial charge in [0.25, 0.3) is 0 Å². The Morgan fingerprint density at radius 3 is 2.76 bits per heavy atom. The minimum atomic E-state index is -0.108. The maximum Gasteiger partial charge on any atom is 0.122 e. The van der Waals surface area contributed by atoms with E-state index in [1.165, 1.54) is 11.1 Å². The van der Waals surface area contributed by atoms with E-state index in [1.54, 1.807) is 11.3 Å². The fourth-order valence-electron chi connectivity index (χ4n) is 2.20. The van der Waals surface area contributed by atoms with Crippen LogP contribution in [0.25, 0.3) is 0 Å². The first-order valence-electron chi connectivity index (χ1n) is 7.00. The molecule has 0 aliphatic heterocycles. The molecule has 110 valence electrons. The van der Waals surface area contributed by atoms with Gasteiger partial charge in [0, 0.05) is 15.8 Å². The number of benzene rings is 1. The summed E-state index contributed by atoms with van der Waals surface area (Å²) in [7, 11) is 0. The number of aliphatic hydroxyl groups excluding tert-OH is 1. The number of aryl methyl sites for hydroxylation is 1. The first kappa shape index (κ1) is 15.6. The Hall–Kier alpha value is -1.76. The molecule has 0 atom stereocenters. The average Bonchev–Trinajstić information content (AvgIpc) is 2.90. The molecule has 0 unspecified atom stereocenters. The van der Waals surface area contributed by atoms with Crippen LogP contribution in [-0.2, 0) is 6.61 Å². The van der Waals surface area contributed by atoms with Gasteiger partial charge >= 0.3 is 0 Å². The second kappa shape index (κ2) is 7.31. The number of thiophene rings is 1. The maximum atomic E-state index is 8.68. The van der Waals surface area contributed by atoms with E-state index in [4.69, 9.17) is 9.84 Å². The third kappa shape index (κ3) is 4.35. The molecule has 0 radical (unpaired) electrons. The molecule has 1 aromatic carbocycles. The molecule has 2 rings (SSSR count). The number of aliphatic hydroxyl groups is 1. The molecular formula is C18H20O2S. The Balaban J connectivity index is 2.00. The van der Waals surface area contributed by atoms with E-state index >= 15 is 0 Å². The zero-order valence-corrected chi connectivity index (χ0v) is 13.5. The summed E-state index contributed by atoms with van der Waals surface area (Å²) in [5, 5.41) is 10.7. The maximum absolute atomic E-state index is 8.68. The highest BCUT2D eigenvalue weighted by molar-refractivity contribution is 7.10. The molecule has 0 saturated carbocycles. The summed E-state index contributed by atoms with van der Waals surface area (Å²) < 4.78 is 5.84. The average molecular weight is 300 g/mol. The van der Waals surface area contributed by atoms with Crippen molar-refractivity contribution in [2.75, 3.05) is 6.61 Å². The highest BCUT2D eigenvalue weighted by atomic mass is 32.1. The highest BCUT2D eigenvalue weighted by Gasteiger charge is 2.05. The van der Waals surface area contributed by atoms with Crippen molar-refractivity contribution in [1.82, 2.24) is 0 Å². The Bertz CT molecular complexity index is 659. The zero-order valence-electron chi connectivity index (χ0n) is 12.6. The Morgan fingerprint density at radius 2 is 2.10 bits per heavy atom. The fraction of sp³-hybridized carbons (Fsp3) is 0.333. The first-order valence-corrected chi connectivity index (χ1v) is 7.88. The predicted octanol–water partition coefficient (Wildman–Crippen LogP) is 4.10. The fourth-order valence-corrected chi connectivity index (χ4v) is 2.93. The summed E-state index contributed by atoms with van der Waals surface area (Å²) in [6, 6.07) is 8.27. The molecular weight excluding hydrogens is 280 g/mol. The molecule has 3 heteroatoms. The van der Waals surface area contributed by atoms with Crippen molar-refractivity contribution in [1.29, 1.82) is 0 Å². The molecule has 0 aliphatic carbocycles. The van der Waals surface area contributed by atoms with Crippen LogP contribution in [0, 0.1) is 18.8 Å². The molecule has 0 spiro atoms. The van der Waals surface area contributed by atoms with Crippen molar-refractivity contribution in [3.8, 4) is 17.6 Å². The van der Waals surface area contributed by atoms with Gasteiger partial charge in [-0.25, -0.2) is 0 Å². The lowest BCUT2D eigenvalue weighted by Gasteiger charge is -2.12. The summed E-state index contributed by atoms with van der Waals surface area (Å²) in [4.78, 5) is 1.13. The topological polar surface area (TPSA) is 29.5 Å². The predicted molar refractivity (Wildman–Crippen MR) is 87.9 cm³/mol. The Morgan fingerprint density at radius 1 is 1.29 bits per heavy atom. The third-order valence-electron chi connectivity index (χ3n) is 3.21. The van der Waals surface area contributed by atoms with Crippen molar-refractivity contribution in [2.45, 2.75) is 33.3 Å². The van der Waals surface area contributed by atoms with Crippen LogP contribution < -0.4 is 4.74 Å². The lowest BCUT2D eigenvalue weighted by Crippen LogP contribution is -1.96. The van der Waals surface area contributed by atoms with Crippen LogP contribution in [0.3, 0.4) is 0 Å². The zero-order chi connectivity index (χ0) is 15.2. The van der Waals surface area contributed by atoms with Crippen LogP contribution in [0.15, 0.2) is 29.6 Å². The van der Waals surface area contributed by atoms with E-state index < -0.39 is 0 Å². The molecule has 1 aromatic heterocycles. The van der Waals surface area contributed by atoms with E-state index in [1.807, 2.05) is 17.5 Å². The summed E-state index contributed by atoms with van der Waals surface area (Å²) in [5.74, 6) is 6.97. The van der Waals surface area contributed by atoms with Crippen LogP contribution >= 0.6 is 11.3 Å². The lowest BCUT2D eigenvalue weighted by atomic mass is 9.98. The van der Waals surface area contributed by atoms with Gasteiger partial charge in [0.2, 0.25) is 0 Å². The number of rotatable bonds is 4. The minimum Gasteiger partial charge on any atom is -0.488 e. The van der Waals surface area contributed by atoms with Crippen LogP contribution in [0.4, 0.5) is 0 Å². The van der Waals surface area contributed by atoms with Gasteiger partial charge in [0.1, 0.15) is 19.0 Å². The monoisotopic (exact) mass is 300 g/mol. The molecule has 1 heterocycles. The van der Waals surface area contributed by atoms with Gasteiger partial charge in [-0.15, -0.1) is 11.3 Å². The van der Waals surface area contributed by atoms with Gasteiger partial charge in [0.05, 0.1) is 0 Å². The van der Waals surface area contributed by atoms with Crippen LogP contribution in [0.2, 0.25) is 0 Å². The Kier molecular flexibility index (Phi) is 5.44. The van der Waals surface area contributed by atoms with Crippen LogP contribution in [-0.4, -0.2) is 11.7 Å². The summed E-state index contributed by atoms with van der Waals surface area (Å²) >= 11 is 1.62. The highest BCUT2D eigenvalue weighted by Crippen LogP contribution is 2.24. The van der Waals surface area contributed by atoms with Crippen LogP contribution in [0.5, 0.6) is 5.75 Å². The summed E-state index contributed by atoms with van der Waals surface area (Å²) in [5.41, 5.74) is 3.56. The molecule has 0 aliphatic rings. The van der Waals surface area contributed by atoms with Gasteiger partial charge in [-0.05, 0) is 42.2 Å². The minimum absolute atomic E-state index is 0.108. The summed E-state index contributed by atoms with van der Waals surface area (Å²) in [6.07, 6.45) is 0. The SMILES string of the molecule is Cc1cc(OCc2cc(C#CCO)cs2)ccc1C(C)C. The summed E-state index contributed by atoms with van der Waals surface area (Å²) in [6.45, 7) is 6.96. The molecule has 0 bridgehead atoms. The van der Waals surface area contributed by atoms with Gasteiger partial charge in [-0.2, -0.15) is 0 Å². The van der Waals surface area contributed by atoms with Crippen molar-refractivity contribution in [3.05, 3.63) is 51.2 Å². The van der Waals surface area contributed by atoms with Gasteiger partial charge in [-0.1, -0.05) is 31.8 Å².